The summed E-state index contributed by atoms with van der Waals surface area (Å²) in [5.41, 5.74) is 2.74. The van der Waals surface area contributed by atoms with Crippen LogP contribution in [0.1, 0.15) is 64.3 Å². The van der Waals surface area contributed by atoms with E-state index in [-0.39, 0.29) is 36.3 Å². The van der Waals surface area contributed by atoms with Gasteiger partial charge in [0.25, 0.3) is 0 Å². The number of rotatable bonds is 5. The molecular formula is C34H31BrN4O7. The first kappa shape index (κ1) is 29.8. The topological polar surface area (TPSA) is 141 Å². The lowest BCUT2D eigenvalue weighted by Gasteiger charge is -2.28. The highest BCUT2D eigenvalue weighted by Gasteiger charge is 2.61. The molecule has 0 fully saturated rings. The van der Waals surface area contributed by atoms with Crippen LogP contribution in [0.4, 0.5) is 10.5 Å². The summed E-state index contributed by atoms with van der Waals surface area (Å²) in [4.78, 5) is 44.9. The van der Waals surface area contributed by atoms with Gasteiger partial charge in [0.15, 0.2) is 17.7 Å². The Morgan fingerprint density at radius 1 is 1.09 bits per heavy atom. The van der Waals surface area contributed by atoms with E-state index in [1.807, 2.05) is 80.6 Å². The summed E-state index contributed by atoms with van der Waals surface area (Å²) < 4.78 is 24.6. The van der Waals surface area contributed by atoms with Crippen LogP contribution in [-0.4, -0.2) is 42.3 Å². The van der Waals surface area contributed by atoms with Crippen molar-refractivity contribution in [1.29, 1.82) is 0 Å². The third-order valence-electron chi connectivity index (χ3n) is 8.69. The number of carbonyl (C=O) groups excluding carboxylic acids is 3. The van der Waals surface area contributed by atoms with Crippen molar-refractivity contribution in [3.63, 3.8) is 0 Å². The lowest BCUT2D eigenvalue weighted by Crippen LogP contribution is -2.49. The average molecular weight is 688 g/mol. The quantitative estimate of drug-likeness (QED) is 0.236. The molecule has 3 aromatic carbocycles. The summed E-state index contributed by atoms with van der Waals surface area (Å²) in [6, 6.07) is 18.9. The predicted molar refractivity (Wildman–Crippen MR) is 169 cm³/mol. The fourth-order valence-electron chi connectivity index (χ4n) is 6.48. The first-order valence-corrected chi connectivity index (χ1v) is 15.7. The van der Waals surface area contributed by atoms with Gasteiger partial charge in [-0.1, -0.05) is 68.4 Å². The van der Waals surface area contributed by atoms with Crippen molar-refractivity contribution in [3.05, 3.63) is 111 Å². The van der Waals surface area contributed by atoms with Gasteiger partial charge in [0, 0.05) is 22.0 Å². The Labute approximate surface area is 273 Å². The van der Waals surface area contributed by atoms with Gasteiger partial charge in [-0.3, -0.25) is 4.79 Å². The summed E-state index contributed by atoms with van der Waals surface area (Å²) in [7, 11) is 1.28. The summed E-state index contributed by atoms with van der Waals surface area (Å²) in [5, 5.41) is 9.25. The number of ether oxygens (including phenoxy) is 3. The molecule has 236 valence electrons. The third-order valence-corrected chi connectivity index (χ3v) is 9.35. The molecule has 1 spiro atoms. The molecule has 4 bridgehead atoms. The zero-order chi connectivity index (χ0) is 32.2. The second-order valence-electron chi connectivity index (χ2n) is 11.9. The van der Waals surface area contributed by atoms with E-state index in [1.165, 1.54) is 7.11 Å². The molecule has 3 aliphatic rings. The maximum absolute atomic E-state index is 13.9. The van der Waals surface area contributed by atoms with E-state index < -0.39 is 41.7 Å². The zero-order valence-electron chi connectivity index (χ0n) is 25.3. The first-order chi connectivity index (χ1) is 22.2. The number of alkyl carbamates (subject to hydrolysis) is 1. The Bertz CT molecular complexity index is 1860. The van der Waals surface area contributed by atoms with Crippen LogP contribution < -0.4 is 20.7 Å². The van der Waals surface area contributed by atoms with Gasteiger partial charge in [-0.25, -0.2) is 14.6 Å². The van der Waals surface area contributed by atoms with Crippen molar-refractivity contribution >= 4 is 39.6 Å². The average Bonchev–Trinajstić information content (AvgIpc) is 3.72. The molecule has 0 radical (unpaired) electrons. The van der Waals surface area contributed by atoms with Gasteiger partial charge in [-0.2, -0.15) is 0 Å². The number of fused-ring (bicyclic) bond motifs is 4. The molecular weight excluding hydrogens is 656 g/mol. The molecule has 3 N–H and O–H groups in total. The van der Waals surface area contributed by atoms with E-state index in [2.05, 4.69) is 36.9 Å². The number of oxazole rings is 1. The minimum absolute atomic E-state index is 0.0164. The Morgan fingerprint density at radius 3 is 2.65 bits per heavy atom. The smallest absolute Gasteiger partial charge is 0.408 e. The lowest BCUT2D eigenvalue weighted by molar-refractivity contribution is -0.124. The van der Waals surface area contributed by atoms with Crippen LogP contribution in [0.25, 0.3) is 0 Å². The van der Waals surface area contributed by atoms with Crippen LogP contribution in [0.15, 0.2) is 75.6 Å². The van der Waals surface area contributed by atoms with Crippen molar-refractivity contribution in [1.82, 2.24) is 15.6 Å². The van der Waals surface area contributed by atoms with E-state index in [4.69, 9.17) is 18.6 Å². The van der Waals surface area contributed by atoms with Gasteiger partial charge in [-0.15, -0.1) is 0 Å². The number of nitrogens with zero attached hydrogens (tertiary/aromatic N) is 1. The minimum Gasteiger partial charge on any atom is -0.469 e. The maximum atomic E-state index is 13.9. The molecule has 0 saturated carbocycles. The van der Waals surface area contributed by atoms with Crippen LogP contribution >= 0.6 is 15.9 Å². The molecule has 4 atom stereocenters. The summed E-state index contributed by atoms with van der Waals surface area (Å²) in [6.45, 7) is 3.85. The lowest BCUT2D eigenvalue weighted by atomic mass is 9.72. The van der Waals surface area contributed by atoms with Crippen LogP contribution in [0, 0.1) is 5.92 Å². The number of para-hydroxylation sites is 1. The molecule has 46 heavy (non-hydrogen) atoms. The van der Waals surface area contributed by atoms with Crippen LogP contribution in [0.3, 0.4) is 0 Å². The number of carbonyl (C=O) groups is 3. The van der Waals surface area contributed by atoms with E-state index >= 15 is 0 Å². The van der Waals surface area contributed by atoms with Crippen LogP contribution in [0.5, 0.6) is 5.75 Å². The van der Waals surface area contributed by atoms with Crippen molar-refractivity contribution in [2.75, 3.05) is 12.4 Å². The molecule has 7 rings (SSSR count). The van der Waals surface area contributed by atoms with E-state index in [0.29, 0.717) is 5.75 Å². The van der Waals surface area contributed by atoms with Gasteiger partial charge in [0.05, 0.1) is 12.8 Å². The number of anilines is 1. The fourth-order valence-corrected chi connectivity index (χ4v) is 6.96. The minimum atomic E-state index is -1.14. The van der Waals surface area contributed by atoms with E-state index in [0.717, 1.165) is 32.4 Å². The number of halogens is 1. The van der Waals surface area contributed by atoms with E-state index in [1.54, 1.807) is 0 Å². The normalized spacial score (nSPS) is 22.3. The molecule has 3 aliphatic heterocycles. The van der Waals surface area contributed by atoms with Gasteiger partial charge >= 0.3 is 12.1 Å². The van der Waals surface area contributed by atoms with Crippen molar-refractivity contribution in [3.8, 4) is 5.75 Å². The van der Waals surface area contributed by atoms with Gasteiger partial charge < -0.3 is 34.6 Å². The standard InChI is InChI=1S/C34H31BrN4O7/c1-17(2)25-30-38-27(31(41)43-3)28(46-30)34-20-10-7-11-22(35)26(20)39-32(34)45-24-13-12-19(14-21(24)34)15-23(29(40)37-25)36-33(42)44-16-18-8-5-4-6-9-18/h4-14,17,23,25,32,39H,15-16H2,1-3H3,(H,36,42)(H,37,40)/t23-,25-,32?,34-/m0/s1. The molecule has 4 aromatic rings. The Morgan fingerprint density at radius 2 is 1.89 bits per heavy atom. The number of benzene rings is 3. The molecule has 4 heterocycles. The van der Waals surface area contributed by atoms with Crippen molar-refractivity contribution < 1.29 is 33.0 Å². The number of amides is 2. The molecule has 12 heteroatoms. The number of methoxy groups -OCH3 is 1. The number of hydrogen-bond acceptors (Lipinski definition) is 9. The SMILES string of the molecule is COC(=O)c1nc2oc1[C@]13c4cc(ccc4OC1Nc1c(Br)cccc13)C[C@H](NC(=O)OCc1ccccc1)C(=O)N[C@H]2C(C)C. The number of aromatic nitrogens is 1. The van der Waals surface area contributed by atoms with Crippen molar-refractivity contribution in [2.24, 2.45) is 5.92 Å². The third kappa shape index (κ3) is 4.79. The van der Waals surface area contributed by atoms with Crippen molar-refractivity contribution in [2.45, 2.75) is 50.6 Å². The molecule has 0 saturated heterocycles. The Kier molecular flexibility index (Phi) is 7.47. The van der Waals surface area contributed by atoms with Gasteiger partial charge in [-0.05, 0) is 45.1 Å². The molecule has 1 aromatic heterocycles. The summed E-state index contributed by atoms with van der Waals surface area (Å²) in [5.74, 6) is -0.397. The van der Waals surface area contributed by atoms with Gasteiger partial charge in [0.2, 0.25) is 11.8 Å². The maximum Gasteiger partial charge on any atom is 0.408 e. The Balaban J connectivity index is 1.37. The predicted octanol–water partition coefficient (Wildman–Crippen LogP) is 5.37. The van der Waals surface area contributed by atoms with Gasteiger partial charge in [0.1, 0.15) is 29.9 Å². The second kappa shape index (κ2) is 11.5. The number of nitrogens with one attached hydrogen (secondary N) is 3. The van der Waals surface area contributed by atoms with Crippen LogP contribution in [-0.2, 0) is 32.7 Å². The van der Waals surface area contributed by atoms with Crippen LogP contribution in [0.2, 0.25) is 0 Å². The molecule has 0 aliphatic carbocycles. The summed E-state index contributed by atoms with van der Waals surface area (Å²) in [6.07, 6.45) is -1.27. The second-order valence-corrected chi connectivity index (χ2v) is 12.7. The number of esters is 1. The molecule has 11 nitrogen and oxygen atoms in total. The number of hydrogen-bond donors (Lipinski definition) is 3. The largest absolute Gasteiger partial charge is 0.469 e. The first-order valence-electron chi connectivity index (χ1n) is 14.9. The molecule has 2 amide bonds. The Hall–Kier alpha value is -4.84. The van der Waals surface area contributed by atoms with E-state index in [9.17, 15) is 14.4 Å². The zero-order valence-corrected chi connectivity index (χ0v) is 26.8. The monoisotopic (exact) mass is 686 g/mol. The highest BCUT2D eigenvalue weighted by atomic mass is 79.9. The fraction of sp³-hybridized carbons (Fsp3) is 0.294. The molecule has 1 unspecified atom stereocenters. The highest BCUT2D eigenvalue weighted by Crippen LogP contribution is 2.59. The summed E-state index contributed by atoms with van der Waals surface area (Å²) >= 11 is 3.66. The highest BCUT2D eigenvalue weighted by molar-refractivity contribution is 9.10.